The van der Waals surface area contributed by atoms with Gasteiger partial charge < -0.3 is 36.3 Å². The largest absolute Gasteiger partial charge is 0.480 e. The van der Waals surface area contributed by atoms with Crippen LogP contribution in [0.15, 0.2) is 60.8 Å². The SMILES string of the molecule is CC(C)(C)[C@@H](NCCCN[C@@H](CC(N)=O)C(=O)O)c1cc(-c2cc(F)ccc2F)cn1Cc1ccccc1.OCCO. The predicted molar refractivity (Wildman–Crippen MR) is 158 cm³/mol. The first-order valence-corrected chi connectivity index (χ1v) is 13.8. The highest BCUT2D eigenvalue weighted by Crippen LogP contribution is 2.37. The molecule has 0 radical (unpaired) electrons. The lowest BCUT2D eigenvalue weighted by Crippen LogP contribution is -2.41. The average molecular weight is 589 g/mol. The Morgan fingerprint density at radius 3 is 2.19 bits per heavy atom. The lowest BCUT2D eigenvalue weighted by molar-refractivity contribution is -0.141. The van der Waals surface area contributed by atoms with E-state index < -0.39 is 29.6 Å². The van der Waals surface area contributed by atoms with Crippen molar-refractivity contribution in [1.82, 2.24) is 15.2 Å². The summed E-state index contributed by atoms with van der Waals surface area (Å²) in [5, 5.41) is 30.9. The number of carbonyl (C=O) groups excluding carboxylic acids is 1. The van der Waals surface area contributed by atoms with Crippen molar-refractivity contribution in [1.29, 1.82) is 0 Å². The highest BCUT2D eigenvalue weighted by Gasteiger charge is 2.29. The van der Waals surface area contributed by atoms with Crippen LogP contribution in [0.2, 0.25) is 0 Å². The fourth-order valence-electron chi connectivity index (χ4n) is 4.47. The van der Waals surface area contributed by atoms with Gasteiger partial charge in [0, 0.05) is 29.6 Å². The zero-order valence-corrected chi connectivity index (χ0v) is 24.3. The summed E-state index contributed by atoms with van der Waals surface area (Å²) in [6.45, 7) is 7.52. The van der Waals surface area contributed by atoms with Crippen molar-refractivity contribution in [3.05, 3.63) is 83.7 Å². The summed E-state index contributed by atoms with van der Waals surface area (Å²) in [4.78, 5) is 22.5. The Bertz CT molecular complexity index is 1280. The molecule has 0 saturated carbocycles. The summed E-state index contributed by atoms with van der Waals surface area (Å²) in [6, 6.07) is 14.1. The molecule has 9 nitrogen and oxygen atoms in total. The molecule has 0 aliphatic rings. The molecule has 0 bridgehead atoms. The van der Waals surface area contributed by atoms with Crippen molar-refractivity contribution in [2.75, 3.05) is 26.3 Å². The first-order chi connectivity index (χ1) is 19.9. The molecule has 0 aliphatic heterocycles. The zero-order chi connectivity index (χ0) is 31.3. The summed E-state index contributed by atoms with van der Waals surface area (Å²) in [5.74, 6) is -2.81. The van der Waals surface area contributed by atoms with Crippen LogP contribution in [0, 0.1) is 17.0 Å². The number of nitrogens with two attached hydrogens (primary N) is 1. The van der Waals surface area contributed by atoms with E-state index in [1.165, 1.54) is 6.07 Å². The van der Waals surface area contributed by atoms with Gasteiger partial charge in [0.05, 0.1) is 25.7 Å². The van der Waals surface area contributed by atoms with E-state index in [1.807, 2.05) is 42.6 Å². The van der Waals surface area contributed by atoms with Crippen molar-refractivity contribution < 1.29 is 33.7 Å². The number of primary amides is 1. The number of nitrogens with zero attached hydrogens (tertiary/aromatic N) is 1. The van der Waals surface area contributed by atoms with Gasteiger partial charge in [0.25, 0.3) is 0 Å². The number of carboxylic acid groups (broad SMARTS) is 1. The van der Waals surface area contributed by atoms with E-state index in [-0.39, 0.29) is 36.7 Å². The third kappa shape index (κ3) is 11.0. The Balaban J connectivity index is 0.00000144. The summed E-state index contributed by atoms with van der Waals surface area (Å²) in [6.07, 6.45) is 2.17. The van der Waals surface area contributed by atoms with Gasteiger partial charge in [-0.3, -0.25) is 9.59 Å². The summed E-state index contributed by atoms with van der Waals surface area (Å²) in [7, 11) is 0. The van der Waals surface area contributed by atoms with Crippen molar-refractivity contribution in [2.24, 2.45) is 11.1 Å². The molecular weight excluding hydrogens is 546 g/mol. The van der Waals surface area contributed by atoms with E-state index in [9.17, 15) is 23.5 Å². The van der Waals surface area contributed by atoms with E-state index in [4.69, 9.17) is 15.9 Å². The average Bonchev–Trinajstić information content (AvgIpc) is 3.33. The molecule has 1 heterocycles. The van der Waals surface area contributed by atoms with E-state index in [2.05, 4.69) is 36.0 Å². The summed E-state index contributed by atoms with van der Waals surface area (Å²) in [5.41, 5.74) is 7.68. The number of aliphatic hydroxyl groups is 2. The Hall–Kier alpha value is -3.64. The van der Waals surface area contributed by atoms with Crippen LogP contribution in [0.4, 0.5) is 8.78 Å². The number of carboxylic acids is 1. The van der Waals surface area contributed by atoms with Crippen molar-refractivity contribution in [3.63, 3.8) is 0 Å². The minimum absolute atomic E-state index is 0.125. The molecule has 0 fully saturated rings. The molecule has 3 aromatic rings. The Labute approximate surface area is 245 Å². The van der Waals surface area contributed by atoms with Gasteiger partial charge >= 0.3 is 5.97 Å². The lowest BCUT2D eigenvalue weighted by atomic mass is 9.84. The quantitative estimate of drug-likeness (QED) is 0.158. The molecular formula is C31H42F2N4O5. The number of aliphatic hydroxyl groups excluding tert-OH is 2. The van der Waals surface area contributed by atoms with Crippen LogP contribution in [0.25, 0.3) is 11.1 Å². The number of aromatic nitrogens is 1. The van der Waals surface area contributed by atoms with Gasteiger partial charge in [-0.1, -0.05) is 51.1 Å². The number of halogens is 2. The van der Waals surface area contributed by atoms with Crippen molar-refractivity contribution >= 4 is 11.9 Å². The minimum Gasteiger partial charge on any atom is -0.480 e. The fraction of sp³-hybridized carbons (Fsp3) is 0.419. The first kappa shape index (κ1) is 34.6. The van der Waals surface area contributed by atoms with Crippen LogP contribution < -0.4 is 16.4 Å². The van der Waals surface area contributed by atoms with Crippen LogP contribution in [0.1, 0.15) is 50.9 Å². The van der Waals surface area contributed by atoms with E-state index in [0.29, 0.717) is 31.6 Å². The van der Waals surface area contributed by atoms with Crippen LogP contribution in [-0.2, 0) is 16.1 Å². The molecule has 2 atom stereocenters. The Kier molecular flexibility index (Phi) is 13.8. The number of nitrogens with one attached hydrogen (secondary N) is 2. The van der Waals surface area contributed by atoms with Gasteiger partial charge in [-0.2, -0.15) is 0 Å². The molecule has 3 rings (SSSR count). The van der Waals surface area contributed by atoms with E-state index in [0.717, 1.165) is 23.4 Å². The molecule has 1 aromatic heterocycles. The number of benzene rings is 2. The van der Waals surface area contributed by atoms with E-state index >= 15 is 0 Å². The van der Waals surface area contributed by atoms with Crippen molar-refractivity contribution in [2.45, 2.75) is 52.2 Å². The highest BCUT2D eigenvalue weighted by molar-refractivity contribution is 5.83. The number of carbonyl (C=O) groups is 2. The molecule has 42 heavy (non-hydrogen) atoms. The van der Waals surface area contributed by atoms with E-state index in [1.54, 1.807) is 0 Å². The number of amides is 1. The second-order valence-corrected chi connectivity index (χ2v) is 11.0. The zero-order valence-electron chi connectivity index (χ0n) is 24.3. The maximum atomic E-state index is 14.7. The number of hydrogen-bond donors (Lipinski definition) is 6. The third-order valence-corrected chi connectivity index (χ3v) is 6.42. The first-order valence-electron chi connectivity index (χ1n) is 13.8. The van der Waals surface area contributed by atoms with Gasteiger partial charge in [-0.05, 0) is 54.8 Å². The maximum absolute atomic E-state index is 14.7. The number of rotatable bonds is 14. The second-order valence-electron chi connectivity index (χ2n) is 11.0. The van der Waals surface area contributed by atoms with Gasteiger partial charge in [0.1, 0.15) is 17.7 Å². The topological polar surface area (TPSA) is 150 Å². The molecule has 2 aromatic carbocycles. The molecule has 1 amide bonds. The normalized spacial score (nSPS) is 12.7. The third-order valence-electron chi connectivity index (χ3n) is 6.42. The van der Waals surface area contributed by atoms with Crippen LogP contribution in [0.5, 0.6) is 0 Å². The minimum atomic E-state index is -1.12. The van der Waals surface area contributed by atoms with Gasteiger partial charge in [-0.25, -0.2) is 8.78 Å². The maximum Gasteiger partial charge on any atom is 0.321 e. The van der Waals surface area contributed by atoms with Gasteiger partial charge in [0.2, 0.25) is 5.91 Å². The lowest BCUT2D eigenvalue weighted by Gasteiger charge is -2.33. The highest BCUT2D eigenvalue weighted by atomic mass is 19.1. The monoisotopic (exact) mass is 588 g/mol. The number of aliphatic carboxylic acids is 1. The Morgan fingerprint density at radius 2 is 1.62 bits per heavy atom. The number of hydrogen-bond acceptors (Lipinski definition) is 6. The fourth-order valence-corrected chi connectivity index (χ4v) is 4.47. The summed E-state index contributed by atoms with van der Waals surface area (Å²) >= 11 is 0. The van der Waals surface area contributed by atoms with Gasteiger partial charge in [0.15, 0.2) is 0 Å². The molecule has 0 unspecified atom stereocenters. The van der Waals surface area contributed by atoms with Gasteiger partial charge in [-0.15, -0.1) is 0 Å². The molecule has 7 N–H and O–H groups in total. The molecule has 11 heteroatoms. The van der Waals surface area contributed by atoms with Crippen LogP contribution in [0.3, 0.4) is 0 Å². The second kappa shape index (κ2) is 16.7. The standard InChI is InChI=1S/C29H36F2N4O3.C2H6O2/c1-29(2,3)27(34-13-7-12-33-24(28(37)38)16-26(32)36)25-14-20(22-15-21(30)10-11-23(22)31)18-35(25)17-19-8-5-4-6-9-19;3-1-2-4/h4-6,8-11,14-15,18,24,27,33-34H,7,12-13,16-17H2,1-3H3,(H2,32,36)(H,37,38);3-4H,1-2H2/t24-,27-;/m0./s1. The predicted octanol–water partition coefficient (Wildman–Crippen LogP) is 3.44. The Morgan fingerprint density at radius 1 is 0.976 bits per heavy atom. The molecule has 230 valence electrons. The van der Waals surface area contributed by atoms with Crippen molar-refractivity contribution in [3.8, 4) is 11.1 Å². The smallest absolute Gasteiger partial charge is 0.321 e. The van der Waals surface area contributed by atoms with Crippen LogP contribution in [-0.4, -0.2) is 64.1 Å². The summed E-state index contributed by atoms with van der Waals surface area (Å²) < 4.78 is 30.7. The molecule has 0 spiro atoms. The molecule has 0 aliphatic carbocycles. The van der Waals surface area contributed by atoms with Crippen LogP contribution >= 0.6 is 0 Å². The molecule has 0 saturated heterocycles.